The number of anilines is 1. The maximum atomic E-state index is 14.3. The molecule has 7 atom stereocenters. The van der Waals surface area contributed by atoms with Gasteiger partial charge in [-0.3, -0.25) is 9.69 Å². The van der Waals surface area contributed by atoms with E-state index in [9.17, 15) is 13.6 Å². The molecule has 5 fully saturated rings. The summed E-state index contributed by atoms with van der Waals surface area (Å²) < 4.78 is 28.6. The molecule has 1 amide bonds. The van der Waals surface area contributed by atoms with Crippen molar-refractivity contribution in [1.82, 2.24) is 20.5 Å². The Morgan fingerprint density at radius 3 is 2.53 bits per heavy atom. The number of amides is 1. The molecule has 2 N–H and O–H groups in total. The van der Waals surface area contributed by atoms with E-state index in [0.29, 0.717) is 31.1 Å². The van der Waals surface area contributed by atoms with Crippen LogP contribution < -0.4 is 15.8 Å². The fourth-order valence-electron chi connectivity index (χ4n) is 7.94. The van der Waals surface area contributed by atoms with Crippen LogP contribution in [0, 0.1) is 11.8 Å². The fraction of sp³-hybridized carbons (Fsp3) is 0.700. The van der Waals surface area contributed by atoms with Crippen LogP contribution in [0.1, 0.15) is 63.4 Å². The molecule has 2 aliphatic carbocycles. The molecule has 5 aliphatic rings. The summed E-state index contributed by atoms with van der Waals surface area (Å²) in [5.74, 6) is -1.98. The van der Waals surface area contributed by atoms with Gasteiger partial charge in [-0.2, -0.15) is 0 Å². The summed E-state index contributed by atoms with van der Waals surface area (Å²) in [6.07, 6.45) is 6.57. The number of nitrogens with zero attached hydrogens (tertiary/aromatic N) is 3. The van der Waals surface area contributed by atoms with Crippen LogP contribution in [0.2, 0.25) is 0 Å². The lowest BCUT2D eigenvalue weighted by Gasteiger charge is -2.49. The van der Waals surface area contributed by atoms with E-state index in [-0.39, 0.29) is 30.3 Å². The Balaban J connectivity index is 1.24. The maximum Gasteiger partial charge on any atom is 0.260 e. The van der Waals surface area contributed by atoms with Gasteiger partial charge < -0.3 is 15.2 Å². The minimum atomic E-state index is -2.81. The first kappa shape index (κ1) is 26.2. The number of carbonyl (C=O) groups excluding carboxylic acids is 1. The van der Waals surface area contributed by atoms with E-state index in [1.165, 1.54) is 29.7 Å². The average molecular weight is 528 g/mol. The van der Waals surface area contributed by atoms with Gasteiger partial charge in [-0.15, -0.1) is 0 Å². The van der Waals surface area contributed by atoms with Crippen LogP contribution in [0.25, 0.3) is 0 Å². The number of likely N-dealkylation sites (tertiary alicyclic amines) is 2. The lowest BCUT2D eigenvalue weighted by Crippen LogP contribution is -2.63. The normalized spacial score (nSPS) is 36.2. The Labute approximate surface area is 225 Å². The molecule has 6 nitrogen and oxygen atoms in total. The van der Waals surface area contributed by atoms with Gasteiger partial charge in [-0.25, -0.2) is 14.2 Å². The second-order valence-corrected chi connectivity index (χ2v) is 12.6. The minimum absolute atomic E-state index is 0.0811. The summed E-state index contributed by atoms with van der Waals surface area (Å²) in [5, 5.41) is 5.60. The van der Waals surface area contributed by atoms with Gasteiger partial charge >= 0.3 is 0 Å². The minimum Gasteiger partial charge on any atom is -0.339 e. The van der Waals surface area contributed by atoms with Crippen LogP contribution >= 0.6 is 0 Å². The smallest absolute Gasteiger partial charge is 0.260 e. The Kier molecular flexibility index (Phi) is 6.80. The third-order valence-corrected chi connectivity index (χ3v) is 10.1. The van der Waals surface area contributed by atoms with Crippen molar-refractivity contribution >= 4 is 11.6 Å². The van der Waals surface area contributed by atoms with E-state index >= 15 is 0 Å². The summed E-state index contributed by atoms with van der Waals surface area (Å²) in [4.78, 5) is 18.0. The number of rotatable bonds is 5. The predicted octanol–water partition coefficient (Wildman–Crippen LogP) is 4.15. The van der Waals surface area contributed by atoms with Crippen LogP contribution in [0.5, 0.6) is 0 Å². The van der Waals surface area contributed by atoms with Crippen LogP contribution in [0.15, 0.2) is 36.4 Å². The molecule has 1 aromatic rings. The Bertz CT molecular complexity index is 1050. The van der Waals surface area contributed by atoms with Gasteiger partial charge in [0.05, 0.1) is 23.7 Å². The molecule has 3 saturated heterocycles. The molecule has 0 spiro atoms. The van der Waals surface area contributed by atoms with Gasteiger partial charge in [-0.05, 0) is 82.7 Å². The fourth-order valence-corrected chi connectivity index (χ4v) is 7.94. The van der Waals surface area contributed by atoms with Crippen molar-refractivity contribution < 1.29 is 13.6 Å². The van der Waals surface area contributed by atoms with Crippen LogP contribution in [-0.4, -0.2) is 79.0 Å². The van der Waals surface area contributed by atoms with Crippen LogP contribution in [-0.2, 0) is 4.79 Å². The number of hydrogen-bond donors (Lipinski definition) is 2. The number of hydrogen-bond acceptors (Lipinski definition) is 5. The lowest BCUT2D eigenvalue weighted by molar-refractivity contribution is -0.148. The lowest BCUT2D eigenvalue weighted by atomic mass is 9.78. The zero-order valence-corrected chi connectivity index (χ0v) is 23.0. The first-order chi connectivity index (χ1) is 18.2. The molecule has 3 aliphatic heterocycles. The van der Waals surface area contributed by atoms with Gasteiger partial charge in [-0.1, -0.05) is 24.3 Å². The molecule has 0 bridgehead atoms. The first-order valence-electron chi connectivity index (χ1n) is 14.5. The zero-order valence-electron chi connectivity index (χ0n) is 23.0. The van der Waals surface area contributed by atoms with Crippen LogP contribution in [0.4, 0.5) is 14.5 Å². The van der Waals surface area contributed by atoms with E-state index < -0.39 is 12.0 Å². The summed E-state index contributed by atoms with van der Waals surface area (Å²) in [5.41, 5.74) is 7.70. The van der Waals surface area contributed by atoms with Crippen molar-refractivity contribution in [2.24, 2.45) is 11.8 Å². The quantitative estimate of drug-likeness (QED) is 0.564. The van der Waals surface area contributed by atoms with Crippen molar-refractivity contribution in [2.45, 2.75) is 93.9 Å². The van der Waals surface area contributed by atoms with E-state index in [1.54, 1.807) is 19.0 Å². The Hall–Kier alpha value is -2.03. The molecule has 0 aromatic heterocycles. The van der Waals surface area contributed by atoms with Gasteiger partial charge in [0.1, 0.15) is 0 Å². The number of benzene rings is 1. The molecule has 0 radical (unpaired) electrons. The van der Waals surface area contributed by atoms with Crippen molar-refractivity contribution in [3.05, 3.63) is 42.0 Å². The van der Waals surface area contributed by atoms with E-state index in [0.717, 1.165) is 38.5 Å². The highest BCUT2D eigenvalue weighted by atomic mass is 19.3. The highest BCUT2D eigenvalue weighted by Gasteiger charge is 2.54. The number of alkyl halides is 2. The summed E-state index contributed by atoms with van der Waals surface area (Å²) >= 11 is 0. The van der Waals surface area contributed by atoms with E-state index in [4.69, 9.17) is 0 Å². The van der Waals surface area contributed by atoms with Crippen molar-refractivity contribution in [1.29, 1.82) is 0 Å². The number of hydrazine groups is 1. The number of carbonyl (C=O) groups is 1. The maximum absolute atomic E-state index is 14.3. The largest absolute Gasteiger partial charge is 0.339 e. The summed E-state index contributed by atoms with van der Waals surface area (Å²) in [7, 11) is 3.53. The highest BCUT2D eigenvalue weighted by molar-refractivity contribution is 5.81. The molecule has 7 unspecified atom stereocenters. The van der Waals surface area contributed by atoms with Gasteiger partial charge in [0.2, 0.25) is 5.91 Å². The molecule has 8 heteroatoms. The molecule has 38 heavy (non-hydrogen) atoms. The standard InChI is InChI=1S/C30H43F2N5O/c1-18-5-12-23-28-25(37(34-23)21-10-8-20(9-11-21)19-6-7-19)13-14-36(26(28)15-18)29(38)22-17-35(4)27(30(2,31)32)16-24(22)33-3/h8-11,19,22-28,33-34H,1,5-7,12-17H2,2-4H3. The van der Waals surface area contributed by atoms with Crippen molar-refractivity contribution in [3.8, 4) is 0 Å². The monoisotopic (exact) mass is 527 g/mol. The summed E-state index contributed by atoms with van der Waals surface area (Å²) in [6.45, 7) is 6.38. The molecule has 208 valence electrons. The molecular weight excluding hydrogens is 484 g/mol. The predicted molar refractivity (Wildman–Crippen MR) is 146 cm³/mol. The molecule has 2 saturated carbocycles. The molecular formula is C30H43F2N5O. The van der Waals surface area contributed by atoms with Gasteiger partial charge in [0.15, 0.2) is 0 Å². The van der Waals surface area contributed by atoms with Crippen molar-refractivity contribution in [3.63, 3.8) is 0 Å². The molecule has 6 rings (SSSR count). The average Bonchev–Trinajstić information content (AvgIpc) is 3.69. The van der Waals surface area contributed by atoms with Gasteiger partial charge in [0.25, 0.3) is 5.92 Å². The van der Waals surface area contributed by atoms with E-state index in [1.807, 2.05) is 0 Å². The highest BCUT2D eigenvalue weighted by Crippen LogP contribution is 2.45. The first-order valence-corrected chi connectivity index (χ1v) is 14.5. The molecule has 3 heterocycles. The van der Waals surface area contributed by atoms with Crippen LogP contribution in [0.3, 0.4) is 0 Å². The second kappa shape index (κ2) is 9.86. The van der Waals surface area contributed by atoms with Gasteiger partial charge in [0, 0.05) is 44.1 Å². The Morgan fingerprint density at radius 1 is 1.13 bits per heavy atom. The molecule has 1 aromatic carbocycles. The number of nitrogens with one attached hydrogen (secondary N) is 2. The third-order valence-electron chi connectivity index (χ3n) is 10.1. The Morgan fingerprint density at radius 2 is 1.87 bits per heavy atom. The zero-order chi connectivity index (χ0) is 26.8. The second-order valence-electron chi connectivity index (χ2n) is 12.6. The van der Waals surface area contributed by atoms with Crippen molar-refractivity contribution in [2.75, 3.05) is 32.2 Å². The van der Waals surface area contributed by atoms with E-state index in [2.05, 4.69) is 51.5 Å². The topological polar surface area (TPSA) is 50.9 Å². The number of piperidine rings is 2. The number of halogens is 2. The SMILES string of the molecule is C=C1CCC2NN(c3ccc(C4CC4)cc3)C3CCN(C(=O)C4CN(C)C(C(C)(F)F)CC4NC)C(C1)C23. The third kappa shape index (κ3) is 4.66. The summed E-state index contributed by atoms with van der Waals surface area (Å²) in [6, 6.07) is 8.65.